The summed E-state index contributed by atoms with van der Waals surface area (Å²) in [6, 6.07) is 12.0. The highest BCUT2D eigenvalue weighted by atomic mass is 19.1. The molecule has 9 heteroatoms. The van der Waals surface area contributed by atoms with E-state index >= 15 is 0 Å². The van der Waals surface area contributed by atoms with Crippen LogP contribution >= 0.6 is 0 Å². The number of hydrogen-bond donors (Lipinski definition) is 1. The first-order valence-corrected chi connectivity index (χ1v) is 10.5. The van der Waals surface area contributed by atoms with Crippen LogP contribution in [0.3, 0.4) is 0 Å². The van der Waals surface area contributed by atoms with Crippen molar-refractivity contribution in [1.29, 1.82) is 0 Å². The molecular weight excluding hydrogens is 435 g/mol. The number of imidazole rings is 1. The quantitative estimate of drug-likeness (QED) is 0.418. The summed E-state index contributed by atoms with van der Waals surface area (Å²) in [4.78, 5) is 20.9. The number of rotatable bonds is 5. The Hall–Kier alpha value is -4.53. The highest BCUT2D eigenvalue weighted by Gasteiger charge is 2.14. The minimum atomic E-state index is -0.431. The largest absolute Gasteiger partial charge is 0.497 e. The van der Waals surface area contributed by atoms with Crippen molar-refractivity contribution in [3.05, 3.63) is 73.2 Å². The molecular formula is C25H21FN6O2. The third kappa shape index (κ3) is 3.99. The van der Waals surface area contributed by atoms with Crippen molar-refractivity contribution < 1.29 is 13.9 Å². The fraction of sp³-hybridized carbons (Fsp3) is 0.120. The molecule has 0 aliphatic carbocycles. The van der Waals surface area contributed by atoms with E-state index in [2.05, 4.69) is 20.4 Å². The summed E-state index contributed by atoms with van der Waals surface area (Å²) in [5.74, 6) is -0.234. The average Bonchev–Trinajstić information content (AvgIpc) is 3.44. The smallest absolute Gasteiger partial charge is 0.221 e. The Labute approximate surface area is 194 Å². The van der Waals surface area contributed by atoms with Gasteiger partial charge in [0.05, 0.1) is 19.0 Å². The van der Waals surface area contributed by atoms with Crippen molar-refractivity contribution in [2.75, 3.05) is 12.4 Å². The number of carbonyl (C=O) groups is 1. The van der Waals surface area contributed by atoms with Crippen LogP contribution in [0.2, 0.25) is 0 Å². The Morgan fingerprint density at radius 2 is 1.88 bits per heavy atom. The molecule has 1 amide bonds. The lowest BCUT2D eigenvalue weighted by Crippen LogP contribution is -2.07. The van der Waals surface area contributed by atoms with E-state index in [0.29, 0.717) is 39.4 Å². The molecule has 0 bridgehead atoms. The van der Waals surface area contributed by atoms with Gasteiger partial charge in [-0.2, -0.15) is 5.10 Å². The zero-order chi connectivity index (χ0) is 23.8. The summed E-state index contributed by atoms with van der Waals surface area (Å²) in [6.45, 7) is 1.43. The van der Waals surface area contributed by atoms with Gasteiger partial charge in [0, 0.05) is 54.8 Å². The van der Waals surface area contributed by atoms with Crippen LogP contribution in [0.4, 0.5) is 10.1 Å². The minimum absolute atomic E-state index is 0.229. The molecule has 0 saturated heterocycles. The number of methoxy groups -OCH3 is 1. The number of nitrogens with zero attached hydrogens (tertiary/aromatic N) is 5. The van der Waals surface area contributed by atoms with Crippen LogP contribution < -0.4 is 10.1 Å². The topological polar surface area (TPSA) is 86.9 Å². The molecule has 8 nitrogen and oxygen atoms in total. The lowest BCUT2D eigenvalue weighted by molar-refractivity contribution is -0.114. The van der Waals surface area contributed by atoms with E-state index in [1.165, 1.54) is 20.1 Å². The van der Waals surface area contributed by atoms with Crippen LogP contribution in [0.25, 0.3) is 39.1 Å². The standard InChI is InChI=1S/C25H21FN6O2/c1-15(33)30-19-6-16(22-5-4-21(34-3)10-23(22)26)7-20(9-19)32-14-28-24-8-17(11-27-25(24)32)18-12-29-31(2)13-18/h4-14H,1-3H3,(H,30,33). The van der Waals surface area contributed by atoms with E-state index in [0.717, 1.165) is 11.1 Å². The third-order valence-corrected chi connectivity index (χ3v) is 5.43. The first kappa shape index (κ1) is 21.3. The van der Waals surface area contributed by atoms with E-state index in [1.54, 1.807) is 52.2 Å². The molecule has 0 unspecified atom stereocenters. The number of aryl methyl sites for hydroxylation is 1. The number of benzene rings is 2. The molecule has 0 saturated carbocycles. The summed E-state index contributed by atoms with van der Waals surface area (Å²) in [7, 11) is 3.34. The van der Waals surface area contributed by atoms with Crippen LogP contribution in [0.5, 0.6) is 5.75 Å². The highest BCUT2D eigenvalue weighted by molar-refractivity contribution is 5.90. The zero-order valence-electron chi connectivity index (χ0n) is 18.8. The lowest BCUT2D eigenvalue weighted by atomic mass is 10.0. The Bertz CT molecular complexity index is 1540. The third-order valence-electron chi connectivity index (χ3n) is 5.43. The van der Waals surface area contributed by atoms with E-state index in [1.807, 2.05) is 25.4 Å². The number of pyridine rings is 1. The Kier molecular flexibility index (Phi) is 5.29. The summed E-state index contributed by atoms with van der Waals surface area (Å²) in [5, 5.41) is 7.00. The molecule has 0 aliphatic rings. The van der Waals surface area contributed by atoms with Gasteiger partial charge >= 0.3 is 0 Å². The van der Waals surface area contributed by atoms with E-state index < -0.39 is 5.82 Å². The molecule has 0 fully saturated rings. The summed E-state index contributed by atoms with van der Waals surface area (Å²) in [6.07, 6.45) is 7.10. The molecule has 0 radical (unpaired) electrons. The number of hydrogen-bond acceptors (Lipinski definition) is 5. The molecule has 5 aromatic rings. The highest BCUT2D eigenvalue weighted by Crippen LogP contribution is 2.32. The van der Waals surface area contributed by atoms with Gasteiger partial charge in [0.25, 0.3) is 0 Å². The van der Waals surface area contributed by atoms with Gasteiger partial charge in [-0.1, -0.05) is 0 Å². The second-order valence-electron chi connectivity index (χ2n) is 7.88. The van der Waals surface area contributed by atoms with Gasteiger partial charge < -0.3 is 10.1 Å². The van der Waals surface area contributed by atoms with Crippen molar-refractivity contribution in [1.82, 2.24) is 24.3 Å². The van der Waals surface area contributed by atoms with Gasteiger partial charge in [0.2, 0.25) is 5.91 Å². The number of amides is 1. The fourth-order valence-electron chi connectivity index (χ4n) is 3.86. The SMILES string of the molecule is COc1ccc(-c2cc(NC(C)=O)cc(-n3cnc4cc(-c5cnn(C)c5)cnc43)c2)c(F)c1. The molecule has 34 heavy (non-hydrogen) atoms. The number of carbonyl (C=O) groups excluding carboxylic acids is 1. The normalized spacial score (nSPS) is 11.1. The predicted octanol–water partition coefficient (Wildman–Crippen LogP) is 4.59. The van der Waals surface area contributed by atoms with Crippen molar-refractivity contribution in [2.45, 2.75) is 6.92 Å². The summed E-state index contributed by atoms with van der Waals surface area (Å²) < 4.78 is 23.5. The molecule has 0 atom stereocenters. The second-order valence-corrected chi connectivity index (χ2v) is 7.88. The van der Waals surface area contributed by atoms with Crippen LogP contribution in [0.1, 0.15) is 6.92 Å². The molecule has 0 aliphatic heterocycles. The number of halogens is 1. The maximum Gasteiger partial charge on any atom is 0.221 e. The predicted molar refractivity (Wildman–Crippen MR) is 127 cm³/mol. The monoisotopic (exact) mass is 456 g/mol. The molecule has 5 rings (SSSR count). The Morgan fingerprint density at radius 1 is 1.03 bits per heavy atom. The van der Waals surface area contributed by atoms with Gasteiger partial charge in [0.1, 0.15) is 23.4 Å². The van der Waals surface area contributed by atoms with Crippen LogP contribution in [0, 0.1) is 5.82 Å². The average molecular weight is 456 g/mol. The summed E-state index contributed by atoms with van der Waals surface area (Å²) >= 11 is 0. The minimum Gasteiger partial charge on any atom is -0.497 e. The van der Waals surface area contributed by atoms with Gasteiger partial charge in [-0.05, 0) is 42.0 Å². The van der Waals surface area contributed by atoms with Crippen LogP contribution in [-0.2, 0) is 11.8 Å². The van der Waals surface area contributed by atoms with Crippen molar-refractivity contribution in [3.63, 3.8) is 0 Å². The van der Waals surface area contributed by atoms with Gasteiger partial charge in [-0.25, -0.2) is 14.4 Å². The Balaban J connectivity index is 1.62. The van der Waals surface area contributed by atoms with Gasteiger partial charge in [0.15, 0.2) is 5.65 Å². The molecule has 2 aromatic carbocycles. The van der Waals surface area contributed by atoms with Gasteiger partial charge in [-0.3, -0.25) is 14.0 Å². The van der Waals surface area contributed by atoms with E-state index in [-0.39, 0.29) is 5.91 Å². The van der Waals surface area contributed by atoms with E-state index in [9.17, 15) is 9.18 Å². The Morgan fingerprint density at radius 3 is 2.59 bits per heavy atom. The maximum absolute atomic E-state index is 14.8. The lowest BCUT2D eigenvalue weighted by Gasteiger charge is -2.13. The fourth-order valence-corrected chi connectivity index (χ4v) is 3.86. The maximum atomic E-state index is 14.8. The van der Waals surface area contributed by atoms with Crippen molar-refractivity contribution in [2.24, 2.45) is 7.05 Å². The summed E-state index contributed by atoms with van der Waals surface area (Å²) in [5.41, 5.74) is 5.36. The second kappa shape index (κ2) is 8.43. The van der Waals surface area contributed by atoms with Crippen LogP contribution in [-0.4, -0.2) is 37.3 Å². The molecule has 0 spiro atoms. The van der Waals surface area contributed by atoms with E-state index in [4.69, 9.17) is 4.74 Å². The van der Waals surface area contributed by atoms with Gasteiger partial charge in [-0.15, -0.1) is 0 Å². The molecule has 1 N–H and O–H groups in total. The molecule has 3 heterocycles. The number of nitrogens with one attached hydrogen (secondary N) is 1. The number of anilines is 1. The molecule has 3 aromatic heterocycles. The first-order valence-electron chi connectivity index (χ1n) is 10.5. The molecule has 170 valence electrons. The van der Waals surface area contributed by atoms with Crippen molar-refractivity contribution >= 4 is 22.8 Å². The number of fused-ring (bicyclic) bond motifs is 1. The van der Waals surface area contributed by atoms with Crippen LogP contribution in [0.15, 0.2) is 67.4 Å². The first-order chi connectivity index (χ1) is 16.4. The zero-order valence-corrected chi connectivity index (χ0v) is 18.8. The van der Waals surface area contributed by atoms with Crippen molar-refractivity contribution in [3.8, 4) is 33.7 Å². The number of aromatic nitrogens is 5. The number of ether oxygens (including phenoxy) is 1.